The predicted molar refractivity (Wildman–Crippen MR) is 104 cm³/mol. The quantitative estimate of drug-likeness (QED) is 0.698. The summed E-state index contributed by atoms with van der Waals surface area (Å²) in [4.78, 5) is 14.6. The van der Waals surface area contributed by atoms with Crippen molar-refractivity contribution in [2.45, 2.75) is 58.1 Å². The fraction of sp³-hybridized carbons (Fsp3) is 0.667. The van der Waals surface area contributed by atoms with E-state index in [9.17, 15) is 4.79 Å². The lowest BCUT2D eigenvalue weighted by atomic mass is 9.96. The van der Waals surface area contributed by atoms with Crippen molar-refractivity contribution in [1.82, 2.24) is 15.5 Å². The molecule has 1 unspecified atom stereocenters. The number of rotatable bonds is 8. The molecule has 144 valence electrons. The first-order valence-electron chi connectivity index (χ1n) is 10.2. The van der Waals surface area contributed by atoms with Gasteiger partial charge in [-0.1, -0.05) is 25.1 Å². The maximum absolute atomic E-state index is 12.0. The van der Waals surface area contributed by atoms with E-state index in [0.717, 1.165) is 49.6 Å². The minimum atomic E-state index is -0.101. The molecule has 5 heteroatoms. The lowest BCUT2D eigenvalue weighted by molar-refractivity contribution is 0.119. The lowest BCUT2D eigenvalue weighted by Gasteiger charge is -2.30. The van der Waals surface area contributed by atoms with Gasteiger partial charge in [0.1, 0.15) is 5.75 Å². The highest BCUT2D eigenvalue weighted by Gasteiger charge is 2.20. The Morgan fingerprint density at radius 1 is 1.19 bits per heavy atom. The van der Waals surface area contributed by atoms with Crippen LogP contribution in [0.4, 0.5) is 4.79 Å². The van der Waals surface area contributed by atoms with Gasteiger partial charge >= 0.3 is 6.03 Å². The first-order valence-corrected chi connectivity index (χ1v) is 10.2. The number of carbonyl (C=O) groups is 1. The Hall–Kier alpha value is -1.75. The number of piperidine rings is 1. The topological polar surface area (TPSA) is 53.6 Å². The molecule has 2 aliphatic rings. The molecule has 2 amide bonds. The maximum Gasteiger partial charge on any atom is 0.315 e. The fourth-order valence-electron chi connectivity index (χ4n) is 3.67. The van der Waals surface area contributed by atoms with Crippen LogP contribution in [0.5, 0.6) is 5.75 Å². The van der Waals surface area contributed by atoms with Gasteiger partial charge in [0.15, 0.2) is 0 Å². The van der Waals surface area contributed by atoms with Crippen LogP contribution in [0.3, 0.4) is 0 Å². The van der Waals surface area contributed by atoms with E-state index in [2.05, 4.69) is 22.5 Å². The van der Waals surface area contributed by atoms with Gasteiger partial charge in [-0.15, -0.1) is 0 Å². The Morgan fingerprint density at radius 2 is 2.04 bits per heavy atom. The molecule has 2 N–H and O–H groups in total. The molecule has 26 heavy (non-hydrogen) atoms. The van der Waals surface area contributed by atoms with E-state index in [1.54, 1.807) is 0 Å². The van der Waals surface area contributed by atoms with Gasteiger partial charge in [0, 0.05) is 25.2 Å². The number of urea groups is 1. The fourth-order valence-corrected chi connectivity index (χ4v) is 3.67. The predicted octanol–water partition coefficient (Wildman–Crippen LogP) is 3.54. The Balaban J connectivity index is 1.32. The molecular formula is C21H33N3O2. The Morgan fingerprint density at radius 3 is 2.81 bits per heavy atom. The first-order chi connectivity index (χ1) is 12.7. The number of nitrogens with one attached hydrogen (secondary N) is 2. The third-order valence-electron chi connectivity index (χ3n) is 5.44. The Bertz CT molecular complexity index is 574. The molecule has 5 nitrogen and oxygen atoms in total. The zero-order valence-electron chi connectivity index (χ0n) is 16.0. The van der Waals surface area contributed by atoms with Crippen LogP contribution in [0.25, 0.3) is 0 Å². The molecule has 1 aromatic rings. The summed E-state index contributed by atoms with van der Waals surface area (Å²) >= 11 is 0. The zero-order valence-corrected chi connectivity index (χ0v) is 16.0. The van der Waals surface area contributed by atoms with E-state index in [1.807, 2.05) is 24.3 Å². The number of benzene rings is 1. The molecular weight excluding hydrogens is 326 g/mol. The number of hydrogen-bond acceptors (Lipinski definition) is 3. The molecule has 1 saturated carbocycles. The summed E-state index contributed by atoms with van der Waals surface area (Å²) in [5, 5.41) is 5.92. The van der Waals surface area contributed by atoms with Gasteiger partial charge in [0.05, 0.1) is 6.10 Å². The minimum absolute atomic E-state index is 0.101. The SMILES string of the molecule is CC1CCCN(CCCNC(=O)NCc2ccccc2OC2CCC2)C1. The monoisotopic (exact) mass is 359 g/mol. The van der Waals surface area contributed by atoms with Crippen molar-refractivity contribution in [3.63, 3.8) is 0 Å². The van der Waals surface area contributed by atoms with Crippen LogP contribution in [0.15, 0.2) is 24.3 Å². The normalized spacial score (nSPS) is 21.0. The second-order valence-corrected chi connectivity index (χ2v) is 7.79. The smallest absolute Gasteiger partial charge is 0.315 e. The number of amides is 2. The second kappa shape index (κ2) is 9.81. The van der Waals surface area contributed by atoms with Gasteiger partial charge in [0.25, 0.3) is 0 Å². The molecule has 1 heterocycles. The summed E-state index contributed by atoms with van der Waals surface area (Å²) < 4.78 is 6.01. The number of ether oxygens (including phenoxy) is 1. The Kier molecular flexibility index (Phi) is 7.18. The third kappa shape index (κ3) is 5.90. The van der Waals surface area contributed by atoms with E-state index in [1.165, 1.54) is 32.4 Å². The summed E-state index contributed by atoms with van der Waals surface area (Å²) in [7, 11) is 0. The second-order valence-electron chi connectivity index (χ2n) is 7.79. The minimum Gasteiger partial charge on any atom is -0.490 e. The van der Waals surface area contributed by atoms with Crippen LogP contribution in [0, 0.1) is 5.92 Å². The van der Waals surface area contributed by atoms with Gasteiger partial charge < -0.3 is 20.3 Å². The van der Waals surface area contributed by atoms with Crippen molar-refractivity contribution >= 4 is 6.03 Å². The van der Waals surface area contributed by atoms with Gasteiger partial charge in [-0.25, -0.2) is 4.79 Å². The van der Waals surface area contributed by atoms with Crippen LogP contribution in [0.2, 0.25) is 0 Å². The molecule has 1 aliphatic heterocycles. The summed E-state index contributed by atoms with van der Waals surface area (Å²) in [6.07, 6.45) is 7.53. The first kappa shape index (κ1) is 19.0. The van der Waals surface area contributed by atoms with Crippen LogP contribution in [-0.2, 0) is 6.54 Å². The van der Waals surface area contributed by atoms with Crippen molar-refractivity contribution in [2.24, 2.45) is 5.92 Å². The molecule has 1 saturated heterocycles. The highest BCUT2D eigenvalue weighted by molar-refractivity contribution is 5.73. The summed E-state index contributed by atoms with van der Waals surface area (Å²) in [5.41, 5.74) is 1.04. The summed E-state index contributed by atoms with van der Waals surface area (Å²) in [6.45, 7) is 7.01. The largest absolute Gasteiger partial charge is 0.490 e. The number of nitrogens with zero attached hydrogens (tertiary/aromatic N) is 1. The highest BCUT2D eigenvalue weighted by atomic mass is 16.5. The molecule has 2 fully saturated rings. The van der Waals surface area contributed by atoms with Gasteiger partial charge in [-0.2, -0.15) is 0 Å². The van der Waals surface area contributed by atoms with E-state index < -0.39 is 0 Å². The van der Waals surface area contributed by atoms with Gasteiger partial charge in [-0.3, -0.25) is 0 Å². The average Bonchev–Trinajstić information content (AvgIpc) is 2.61. The highest BCUT2D eigenvalue weighted by Crippen LogP contribution is 2.27. The van der Waals surface area contributed by atoms with E-state index >= 15 is 0 Å². The molecule has 0 spiro atoms. The number of hydrogen-bond donors (Lipinski definition) is 2. The molecule has 0 aromatic heterocycles. The number of para-hydroxylation sites is 1. The standard InChI is InChI=1S/C21H33N3O2/c1-17-7-5-13-24(16-17)14-6-12-22-21(25)23-15-18-8-2-3-11-20(18)26-19-9-4-10-19/h2-3,8,11,17,19H,4-7,9-10,12-16H2,1H3,(H2,22,23,25). The molecule has 1 atom stereocenters. The van der Waals surface area contributed by atoms with E-state index in [-0.39, 0.29) is 6.03 Å². The van der Waals surface area contributed by atoms with E-state index in [4.69, 9.17) is 4.74 Å². The van der Waals surface area contributed by atoms with Crippen LogP contribution >= 0.6 is 0 Å². The van der Waals surface area contributed by atoms with Crippen molar-refractivity contribution in [1.29, 1.82) is 0 Å². The van der Waals surface area contributed by atoms with Crippen molar-refractivity contribution in [2.75, 3.05) is 26.2 Å². The van der Waals surface area contributed by atoms with E-state index in [0.29, 0.717) is 12.6 Å². The van der Waals surface area contributed by atoms with Crippen LogP contribution in [0.1, 0.15) is 51.0 Å². The lowest BCUT2D eigenvalue weighted by Crippen LogP contribution is -2.39. The molecule has 1 aliphatic carbocycles. The van der Waals surface area contributed by atoms with Crippen molar-refractivity contribution in [3.05, 3.63) is 29.8 Å². The number of carbonyl (C=O) groups excluding carboxylic acids is 1. The third-order valence-corrected chi connectivity index (χ3v) is 5.44. The molecule has 3 rings (SSSR count). The molecule has 0 bridgehead atoms. The molecule has 1 aromatic carbocycles. The average molecular weight is 360 g/mol. The maximum atomic E-state index is 12.0. The Labute approximate surface area is 157 Å². The van der Waals surface area contributed by atoms with Crippen LogP contribution in [-0.4, -0.2) is 43.2 Å². The van der Waals surface area contributed by atoms with Crippen molar-refractivity contribution in [3.8, 4) is 5.75 Å². The summed E-state index contributed by atoms with van der Waals surface area (Å²) in [6, 6.07) is 7.88. The number of likely N-dealkylation sites (tertiary alicyclic amines) is 1. The zero-order chi connectivity index (χ0) is 18.2. The summed E-state index contributed by atoms with van der Waals surface area (Å²) in [5.74, 6) is 1.71. The molecule has 0 radical (unpaired) electrons. The van der Waals surface area contributed by atoms with Crippen LogP contribution < -0.4 is 15.4 Å². The van der Waals surface area contributed by atoms with Gasteiger partial charge in [0.2, 0.25) is 0 Å². The van der Waals surface area contributed by atoms with Gasteiger partial charge in [-0.05, 0) is 63.6 Å². The van der Waals surface area contributed by atoms with Crippen molar-refractivity contribution < 1.29 is 9.53 Å².